The molecular weight excluding hydrogens is 484 g/mol. The first-order valence-corrected chi connectivity index (χ1v) is 12.5. The number of carbonyl (C=O) groups excluding carboxylic acids is 4. The summed E-state index contributed by atoms with van der Waals surface area (Å²) in [5.41, 5.74) is 2.57. The van der Waals surface area contributed by atoms with E-state index in [4.69, 9.17) is 9.47 Å². The molecule has 0 aliphatic rings. The lowest BCUT2D eigenvalue weighted by Crippen LogP contribution is -2.33. The van der Waals surface area contributed by atoms with Gasteiger partial charge in [0.1, 0.15) is 11.8 Å². The second-order valence-electron chi connectivity index (χ2n) is 8.54. The first-order chi connectivity index (χ1) is 18.4. The topological polar surface area (TPSA) is 111 Å². The minimum atomic E-state index is -1.01. The van der Waals surface area contributed by atoms with Gasteiger partial charge in [-0.3, -0.25) is 19.2 Å². The average molecular weight is 517 g/mol. The van der Waals surface area contributed by atoms with Crippen LogP contribution in [0.25, 0.3) is 0 Å². The summed E-state index contributed by atoms with van der Waals surface area (Å²) >= 11 is 0. The molecule has 0 fully saturated rings. The van der Waals surface area contributed by atoms with Gasteiger partial charge in [0, 0.05) is 11.4 Å². The number of benzene rings is 3. The van der Waals surface area contributed by atoms with E-state index >= 15 is 0 Å². The zero-order chi connectivity index (χ0) is 27.3. The second-order valence-corrected chi connectivity index (χ2v) is 8.54. The first kappa shape index (κ1) is 28.1. The number of esters is 2. The van der Waals surface area contributed by atoms with Gasteiger partial charge in [-0.05, 0) is 62.1 Å². The molecule has 0 aromatic heterocycles. The molecule has 3 rings (SSSR count). The average Bonchev–Trinajstić information content (AvgIpc) is 2.92. The van der Waals surface area contributed by atoms with E-state index in [9.17, 15) is 19.2 Å². The number of hydrogen-bond donors (Lipinski definition) is 2. The van der Waals surface area contributed by atoms with Crippen molar-refractivity contribution in [3.05, 3.63) is 96.1 Å². The molecule has 0 saturated carbocycles. The fourth-order valence-corrected chi connectivity index (χ4v) is 3.85. The summed E-state index contributed by atoms with van der Waals surface area (Å²) in [4.78, 5) is 50.9. The van der Waals surface area contributed by atoms with Crippen molar-refractivity contribution < 1.29 is 28.7 Å². The summed E-state index contributed by atoms with van der Waals surface area (Å²) in [6.45, 7) is 3.72. The van der Waals surface area contributed by atoms with Crippen LogP contribution in [0.3, 0.4) is 0 Å². The molecule has 38 heavy (non-hydrogen) atoms. The van der Waals surface area contributed by atoms with E-state index in [1.54, 1.807) is 38.1 Å². The minimum absolute atomic E-state index is 0.170. The highest BCUT2D eigenvalue weighted by Crippen LogP contribution is 2.19. The van der Waals surface area contributed by atoms with Crippen molar-refractivity contribution >= 4 is 35.1 Å². The summed E-state index contributed by atoms with van der Waals surface area (Å²) in [6.07, 6.45) is 0.409. The summed E-state index contributed by atoms with van der Waals surface area (Å²) in [6, 6.07) is 24.9. The van der Waals surface area contributed by atoms with Gasteiger partial charge in [0.15, 0.2) is 0 Å². The molecule has 0 aliphatic heterocycles. The molecule has 3 aromatic carbocycles. The van der Waals surface area contributed by atoms with Gasteiger partial charge >= 0.3 is 11.9 Å². The van der Waals surface area contributed by atoms with E-state index in [2.05, 4.69) is 10.6 Å². The Kier molecular flexibility index (Phi) is 10.6. The molecule has 8 nitrogen and oxygen atoms in total. The van der Waals surface area contributed by atoms with Crippen LogP contribution in [0, 0.1) is 11.8 Å². The van der Waals surface area contributed by atoms with Crippen LogP contribution >= 0.6 is 0 Å². The van der Waals surface area contributed by atoms with Crippen LogP contribution in [0.4, 0.5) is 11.4 Å². The Hall–Kier alpha value is -4.46. The Morgan fingerprint density at radius 1 is 0.579 bits per heavy atom. The number of carbonyl (C=O) groups is 4. The van der Waals surface area contributed by atoms with E-state index in [0.29, 0.717) is 11.4 Å². The molecule has 3 aromatic rings. The maximum absolute atomic E-state index is 13.0. The molecular formula is C30H32N2O6. The highest BCUT2D eigenvalue weighted by molar-refractivity contribution is 6.06. The highest BCUT2D eigenvalue weighted by Gasteiger charge is 2.30. The molecule has 198 valence electrons. The van der Waals surface area contributed by atoms with E-state index in [0.717, 1.165) is 11.1 Å². The Morgan fingerprint density at radius 2 is 0.921 bits per heavy atom. The van der Waals surface area contributed by atoms with Gasteiger partial charge in [0.05, 0.1) is 13.2 Å². The number of ether oxygens (including phenoxy) is 2. The van der Waals surface area contributed by atoms with Gasteiger partial charge in [0.25, 0.3) is 0 Å². The quantitative estimate of drug-likeness (QED) is 0.273. The molecule has 8 heteroatoms. The summed E-state index contributed by atoms with van der Waals surface area (Å²) < 4.78 is 10.2. The fourth-order valence-electron chi connectivity index (χ4n) is 3.85. The monoisotopic (exact) mass is 516 g/mol. The Balaban J connectivity index is 1.67. The normalized spacial score (nSPS) is 12.1. The zero-order valence-electron chi connectivity index (χ0n) is 21.5. The molecule has 0 saturated heterocycles. The number of amides is 2. The Labute approximate surface area is 222 Å². The van der Waals surface area contributed by atoms with Gasteiger partial charge in [-0.2, -0.15) is 0 Å². The van der Waals surface area contributed by atoms with E-state index < -0.39 is 35.6 Å². The van der Waals surface area contributed by atoms with Gasteiger partial charge in [-0.15, -0.1) is 0 Å². The van der Waals surface area contributed by atoms with Crippen molar-refractivity contribution in [2.24, 2.45) is 11.8 Å². The number of nitrogens with one attached hydrogen (secondary N) is 2. The molecule has 2 atom stereocenters. The van der Waals surface area contributed by atoms with Gasteiger partial charge in [-0.25, -0.2) is 0 Å². The molecule has 2 amide bonds. The van der Waals surface area contributed by atoms with Gasteiger partial charge < -0.3 is 20.1 Å². The molecule has 0 bridgehead atoms. The summed E-state index contributed by atoms with van der Waals surface area (Å²) in [7, 11) is 0. The SMILES string of the molecule is CCOC(=O)[C@H](Cc1ccccc1)C(=O)Nc1ccc(NC(=O)[C@H](Cc2ccccc2)C(=O)OCC)cc1. The predicted octanol–water partition coefficient (Wildman–Crippen LogP) is 4.41. The largest absolute Gasteiger partial charge is 0.465 e. The van der Waals surface area contributed by atoms with E-state index in [-0.39, 0.29) is 26.1 Å². The molecule has 0 unspecified atom stereocenters. The summed E-state index contributed by atoms with van der Waals surface area (Å²) in [5, 5.41) is 5.49. The Morgan fingerprint density at radius 3 is 1.24 bits per heavy atom. The van der Waals surface area contributed by atoms with Crippen molar-refractivity contribution in [2.45, 2.75) is 26.7 Å². The molecule has 0 heterocycles. The van der Waals surface area contributed by atoms with Crippen molar-refractivity contribution in [1.29, 1.82) is 0 Å². The lowest BCUT2D eigenvalue weighted by atomic mass is 9.98. The third-order valence-corrected chi connectivity index (χ3v) is 5.76. The number of hydrogen-bond acceptors (Lipinski definition) is 6. The van der Waals surface area contributed by atoms with Crippen LogP contribution in [-0.2, 0) is 41.5 Å². The van der Waals surface area contributed by atoms with Gasteiger partial charge in [0.2, 0.25) is 11.8 Å². The van der Waals surface area contributed by atoms with Crippen LogP contribution < -0.4 is 10.6 Å². The van der Waals surface area contributed by atoms with Crippen LogP contribution in [-0.4, -0.2) is 37.0 Å². The van der Waals surface area contributed by atoms with E-state index in [1.165, 1.54) is 0 Å². The molecule has 0 spiro atoms. The summed E-state index contributed by atoms with van der Waals surface area (Å²) in [5.74, 6) is -4.20. The van der Waals surface area contributed by atoms with Gasteiger partial charge in [-0.1, -0.05) is 60.7 Å². The zero-order valence-corrected chi connectivity index (χ0v) is 21.5. The third-order valence-electron chi connectivity index (χ3n) is 5.76. The van der Waals surface area contributed by atoms with Crippen LogP contribution in [0.2, 0.25) is 0 Å². The standard InChI is InChI=1S/C30H32N2O6/c1-3-37-29(35)25(19-21-11-7-5-8-12-21)27(33)31-23-15-17-24(18-16-23)32-28(34)26(30(36)38-4-2)20-22-13-9-6-10-14-22/h5-18,25-26H,3-4,19-20H2,1-2H3,(H,31,33)(H,32,34)/t25-,26+. The molecule has 0 radical (unpaired) electrons. The number of anilines is 2. The van der Waals surface area contributed by atoms with Crippen molar-refractivity contribution in [2.75, 3.05) is 23.8 Å². The van der Waals surface area contributed by atoms with Crippen LogP contribution in [0.1, 0.15) is 25.0 Å². The first-order valence-electron chi connectivity index (χ1n) is 12.5. The molecule has 0 aliphatic carbocycles. The lowest BCUT2D eigenvalue weighted by Gasteiger charge is -2.17. The number of rotatable bonds is 12. The van der Waals surface area contributed by atoms with E-state index in [1.807, 2.05) is 60.7 Å². The second kappa shape index (κ2) is 14.3. The lowest BCUT2D eigenvalue weighted by molar-refractivity contribution is -0.152. The van der Waals surface area contributed by atoms with Crippen LogP contribution in [0.15, 0.2) is 84.9 Å². The minimum Gasteiger partial charge on any atom is -0.465 e. The Bertz CT molecular complexity index is 1120. The van der Waals surface area contributed by atoms with Crippen molar-refractivity contribution in [3.8, 4) is 0 Å². The maximum Gasteiger partial charge on any atom is 0.318 e. The van der Waals surface area contributed by atoms with Crippen molar-refractivity contribution in [3.63, 3.8) is 0 Å². The predicted molar refractivity (Wildman–Crippen MR) is 144 cm³/mol. The smallest absolute Gasteiger partial charge is 0.318 e. The van der Waals surface area contributed by atoms with Crippen molar-refractivity contribution in [1.82, 2.24) is 0 Å². The van der Waals surface area contributed by atoms with Crippen LogP contribution in [0.5, 0.6) is 0 Å². The third kappa shape index (κ3) is 8.30. The maximum atomic E-state index is 13.0. The molecule has 2 N–H and O–H groups in total. The highest BCUT2D eigenvalue weighted by atomic mass is 16.5. The fraction of sp³-hybridized carbons (Fsp3) is 0.267.